The van der Waals surface area contributed by atoms with E-state index < -0.39 is 206 Å². The van der Waals surface area contributed by atoms with Crippen LogP contribution in [0.15, 0.2) is 10.1 Å². The highest BCUT2D eigenvalue weighted by Crippen LogP contribution is 2.31. The predicted molar refractivity (Wildman–Crippen MR) is 502 cm³/mol. The molecule has 0 spiro atoms. The van der Waals surface area contributed by atoms with Gasteiger partial charge in [0.1, 0.15) is 78.6 Å². The molecule has 3 heterocycles. The molecular formula is C91H152F5N13O38. The number of benzene rings is 1. The SMILES string of the molecule is CC(=O)N[C@H]1[C@H](OCCCCC(=O)NCCCNC(=O)CCOCC(COCCC(=O)NCCCNC(=O)CCCCO[C@@H]2O[C@H](CO)[C@H](O)[C@H](O)[C@H]2NC(C)=O)(COCCC(=O)NCCCNC(=O)CCCCO[C@@H]2O[C@H](CO)[C@H](O)[C@H](O)[C@H]2NC(C)=O)NC(=O)CC/C(C=NCCOCCOCCOCCOCCOCCOCCOCCOCCC(=O)Oc2c(F)c(F)c(F)c(F)c2F)=N/N)O[C@H](CO)[C@H](O)[C@@H]1O. The Morgan fingerprint density at radius 1 is 0.333 bits per heavy atom. The number of unbranched alkanes of at least 4 members (excludes halogenated alkanes) is 3. The van der Waals surface area contributed by atoms with E-state index in [0.29, 0.717) is 84.2 Å². The normalized spacial score (nSPS) is 21.1. The van der Waals surface area contributed by atoms with Crippen LogP contribution in [0.2, 0.25) is 0 Å². The second kappa shape index (κ2) is 78.3. The summed E-state index contributed by atoms with van der Waals surface area (Å²) in [5.41, 5.74) is -1.36. The summed E-state index contributed by atoms with van der Waals surface area (Å²) in [5, 5.41) is 122. The maximum Gasteiger partial charge on any atom is 0.313 e. The first-order valence-corrected chi connectivity index (χ1v) is 49.0. The number of rotatable bonds is 84. The minimum atomic E-state index is -2.39. The summed E-state index contributed by atoms with van der Waals surface area (Å²) in [5.74, 6) is -12.9. The maximum atomic E-state index is 14.2. The fourth-order valence-electron chi connectivity index (χ4n) is 14.0. The summed E-state index contributed by atoms with van der Waals surface area (Å²) in [6, 6.07) is -3.37. The van der Waals surface area contributed by atoms with Gasteiger partial charge < -0.3 is 190 Å². The fourth-order valence-corrected chi connectivity index (χ4v) is 14.0. The van der Waals surface area contributed by atoms with E-state index in [4.69, 9.17) is 86.4 Å². The van der Waals surface area contributed by atoms with Crippen molar-refractivity contribution in [2.45, 2.75) is 234 Å². The highest BCUT2D eigenvalue weighted by Gasteiger charge is 2.49. The van der Waals surface area contributed by atoms with E-state index >= 15 is 0 Å². The standard InChI is InChI=1S/C91H152F5N13O38/c1-58(113)105-78-84(127)81(124)62(52-110)144-88(78)141-29-7-4-13-65(116)99-22-10-25-102-68(119)18-32-138-55-91(56-139-33-19-69(120)103-26-11-23-100-66(117)14-5-8-30-142-89-79(106-59(2)114)85(128)82(125)63(53-111)145-89,57-140-34-20-70(121)104-27-12-24-101-67(118)15-6-9-31-143-90-80(107-60(3)115)86(129)83(126)64(54-112)146-90)108-71(122)17-16-61(109-97)51-98-28-36-131-38-40-133-42-44-135-46-48-137-50-49-136-47-45-134-43-41-132-39-37-130-35-21-72(123)147-87-76(95)74(93)73(92)75(94)77(87)96/h51,62-64,78-86,88-90,110-112,124-129H,4-50,52-57,97H2,1-3H3,(H,99,116)(H,100,117)(H,101,118)(H,102,119)(H,103,120)(H,104,121)(H,105,113)(H,106,114)(H,107,115)(H,108,122)/b98-51?,109-61-/t62-,63-,64-,78-,79-,80-,81+,82+,83+,84-,85-,86-,88-,89-,90-/m1/s1. The lowest BCUT2D eigenvalue weighted by Crippen LogP contribution is -2.64. The maximum absolute atomic E-state index is 14.2. The molecule has 0 saturated carbocycles. The van der Waals surface area contributed by atoms with Gasteiger partial charge in [0, 0.05) is 137 Å². The molecule has 10 amide bonds. The van der Waals surface area contributed by atoms with Crippen LogP contribution in [0.4, 0.5) is 22.0 Å². The molecule has 0 radical (unpaired) electrons. The molecule has 3 fully saturated rings. The Morgan fingerprint density at radius 2 is 0.612 bits per heavy atom. The Labute approximate surface area is 848 Å². The average molecular weight is 2130 g/mol. The van der Waals surface area contributed by atoms with Gasteiger partial charge in [-0.3, -0.25) is 57.7 Å². The topological polar surface area (TPSA) is 707 Å². The Bertz CT molecular complexity index is 3740. The first-order chi connectivity index (χ1) is 70.7. The van der Waals surface area contributed by atoms with Crippen molar-refractivity contribution in [3.63, 3.8) is 0 Å². The average Bonchev–Trinajstić information content (AvgIpc) is 0.858. The van der Waals surface area contributed by atoms with Crippen LogP contribution in [0, 0.1) is 29.1 Å². The van der Waals surface area contributed by atoms with E-state index in [2.05, 4.69) is 68.0 Å². The molecule has 21 N–H and O–H groups in total. The molecule has 3 aliphatic heterocycles. The molecule has 3 saturated heterocycles. The van der Waals surface area contributed by atoms with E-state index in [1.165, 1.54) is 27.0 Å². The molecule has 15 atom stereocenters. The Kier molecular flexibility index (Phi) is 69.5. The largest absolute Gasteiger partial charge is 0.420 e. The molecular weight excluding hydrogens is 1980 g/mol. The molecule has 56 heteroatoms. The van der Waals surface area contributed by atoms with Crippen molar-refractivity contribution in [3.8, 4) is 5.75 Å². The van der Waals surface area contributed by atoms with Gasteiger partial charge in [0.15, 0.2) is 18.9 Å². The number of amides is 10. The van der Waals surface area contributed by atoms with E-state index in [9.17, 15) is 121 Å². The van der Waals surface area contributed by atoms with E-state index in [0.717, 1.165) is 0 Å². The molecule has 3 aliphatic rings. The van der Waals surface area contributed by atoms with Gasteiger partial charge in [-0.1, -0.05) is 0 Å². The second-order valence-corrected chi connectivity index (χ2v) is 33.9. The molecule has 0 bridgehead atoms. The van der Waals surface area contributed by atoms with Gasteiger partial charge in [-0.15, -0.1) is 0 Å². The third-order valence-electron chi connectivity index (χ3n) is 21.8. The zero-order chi connectivity index (χ0) is 108. The van der Waals surface area contributed by atoms with Crippen LogP contribution in [-0.4, -0.2) is 451 Å². The molecule has 0 unspecified atom stereocenters. The quantitative estimate of drug-likeness (QED) is 0.00333. The Hall–Kier alpha value is -8.86. The third-order valence-corrected chi connectivity index (χ3v) is 21.8. The van der Waals surface area contributed by atoms with Crippen LogP contribution in [-0.2, 0) is 133 Å². The number of ether oxygens (including phenoxy) is 18. The van der Waals surface area contributed by atoms with Crippen molar-refractivity contribution in [2.75, 3.05) is 231 Å². The van der Waals surface area contributed by atoms with Gasteiger partial charge in [-0.25, -0.2) is 13.2 Å². The number of hydrogen-bond donors (Lipinski definition) is 20. The number of aliphatic hydroxyl groups excluding tert-OH is 9. The Morgan fingerprint density at radius 3 is 0.905 bits per heavy atom. The zero-order valence-corrected chi connectivity index (χ0v) is 83.4. The summed E-state index contributed by atoms with van der Waals surface area (Å²) in [7, 11) is 0. The fraction of sp³-hybridized carbons (Fsp3) is 0.791. The molecule has 844 valence electrons. The van der Waals surface area contributed by atoms with Crippen LogP contribution in [0.25, 0.3) is 0 Å². The number of aliphatic imine (C=N–C) groups is 1. The molecule has 0 aliphatic carbocycles. The molecule has 4 rings (SSSR count). The second-order valence-electron chi connectivity index (χ2n) is 33.9. The summed E-state index contributed by atoms with van der Waals surface area (Å²) in [6.07, 6.45) is -12.4. The number of nitrogens with zero attached hydrogens (tertiary/aromatic N) is 2. The number of hydrogen-bond acceptors (Lipinski definition) is 41. The van der Waals surface area contributed by atoms with Crippen LogP contribution < -0.4 is 63.7 Å². The lowest BCUT2D eigenvalue weighted by Gasteiger charge is -2.42. The number of carbonyl (C=O) groups is 11. The minimum Gasteiger partial charge on any atom is -0.420 e. The highest BCUT2D eigenvalue weighted by atomic mass is 19.2. The lowest BCUT2D eigenvalue weighted by molar-refractivity contribution is -0.270. The molecule has 51 nitrogen and oxygen atoms in total. The Balaban J connectivity index is 1.26. The summed E-state index contributed by atoms with van der Waals surface area (Å²) in [4.78, 5) is 144. The minimum absolute atomic E-state index is 0.0158. The number of nitrogens with one attached hydrogen (secondary N) is 10. The first kappa shape index (κ1) is 130. The number of halogens is 5. The van der Waals surface area contributed by atoms with Gasteiger partial charge >= 0.3 is 5.97 Å². The van der Waals surface area contributed by atoms with Crippen molar-refractivity contribution in [3.05, 3.63) is 29.1 Å². The summed E-state index contributed by atoms with van der Waals surface area (Å²) < 4.78 is 167. The molecule has 0 aromatic heterocycles. The van der Waals surface area contributed by atoms with E-state index in [1.807, 2.05) is 0 Å². The van der Waals surface area contributed by atoms with Gasteiger partial charge in [0.25, 0.3) is 0 Å². The number of carbonyl (C=O) groups excluding carboxylic acids is 11. The third kappa shape index (κ3) is 55.7. The first-order valence-electron chi connectivity index (χ1n) is 49.0. The number of aliphatic hydroxyl groups is 9. The summed E-state index contributed by atoms with van der Waals surface area (Å²) in [6.45, 7) is 4.67. The summed E-state index contributed by atoms with van der Waals surface area (Å²) >= 11 is 0. The van der Waals surface area contributed by atoms with Crippen molar-refractivity contribution in [1.29, 1.82) is 0 Å². The molecule has 1 aromatic rings. The van der Waals surface area contributed by atoms with Gasteiger partial charge in [-0.05, 0) is 57.8 Å². The van der Waals surface area contributed by atoms with Crippen LogP contribution >= 0.6 is 0 Å². The predicted octanol–water partition coefficient (Wildman–Crippen LogP) is -5.69. The lowest BCUT2D eigenvalue weighted by atomic mass is 9.97. The van der Waals surface area contributed by atoms with Crippen LogP contribution in [0.5, 0.6) is 5.75 Å². The van der Waals surface area contributed by atoms with Crippen molar-refractivity contribution >= 4 is 77.0 Å². The van der Waals surface area contributed by atoms with Gasteiger partial charge in [0.2, 0.25) is 93.9 Å². The molecule has 147 heavy (non-hydrogen) atoms. The number of nitrogens with two attached hydrogens (primary N) is 1. The number of hydrazone groups is 1. The highest BCUT2D eigenvalue weighted by molar-refractivity contribution is 6.30. The van der Waals surface area contributed by atoms with Crippen molar-refractivity contribution in [2.24, 2.45) is 15.9 Å². The van der Waals surface area contributed by atoms with Crippen LogP contribution in [0.1, 0.15) is 136 Å². The van der Waals surface area contributed by atoms with Crippen molar-refractivity contribution in [1.82, 2.24) is 53.2 Å². The van der Waals surface area contributed by atoms with Crippen molar-refractivity contribution < 1.29 is 206 Å². The monoisotopic (exact) mass is 2130 g/mol. The van der Waals surface area contributed by atoms with Crippen LogP contribution in [0.3, 0.4) is 0 Å². The smallest absolute Gasteiger partial charge is 0.313 e. The van der Waals surface area contributed by atoms with E-state index in [-0.39, 0.29) is 259 Å². The van der Waals surface area contributed by atoms with Gasteiger partial charge in [-0.2, -0.15) is 13.9 Å². The number of esters is 1. The van der Waals surface area contributed by atoms with E-state index in [1.54, 1.807) is 0 Å². The van der Waals surface area contributed by atoms with Gasteiger partial charge in [0.05, 0.1) is 184 Å². The molecule has 1 aromatic carbocycles. The zero-order valence-electron chi connectivity index (χ0n) is 83.4.